The zero-order valence-corrected chi connectivity index (χ0v) is 14.9. The normalized spacial score (nSPS) is 31.8. The lowest BCUT2D eigenvalue weighted by Crippen LogP contribution is -2.48. The Balaban J connectivity index is 1.51. The van der Waals surface area contributed by atoms with Gasteiger partial charge in [-0.15, -0.1) is 0 Å². The lowest BCUT2D eigenvalue weighted by molar-refractivity contribution is -0.384. The molecule has 4 heteroatoms. The molecule has 4 aliphatic rings. The molecule has 0 spiro atoms. The second-order valence-corrected chi connectivity index (χ2v) is 8.68. The quantitative estimate of drug-likeness (QED) is 0.560. The molecule has 1 N–H and O–H groups in total. The van der Waals surface area contributed by atoms with Crippen molar-refractivity contribution < 1.29 is 4.92 Å². The molecule has 0 saturated heterocycles. The SMILES string of the molecule is O=[N+]([O-])c1cc(C23CC4CC(CC(C4)C2)C3)ccc1Nc1ccccc1. The van der Waals surface area contributed by atoms with Gasteiger partial charge in [0.1, 0.15) is 5.69 Å². The maximum absolute atomic E-state index is 11.8. The van der Waals surface area contributed by atoms with Crippen LogP contribution in [0.2, 0.25) is 0 Å². The minimum absolute atomic E-state index is 0.185. The summed E-state index contributed by atoms with van der Waals surface area (Å²) in [5.74, 6) is 2.51. The van der Waals surface area contributed by atoms with Crippen molar-refractivity contribution in [2.75, 3.05) is 5.32 Å². The van der Waals surface area contributed by atoms with E-state index in [0.29, 0.717) is 5.69 Å². The molecule has 0 heterocycles. The van der Waals surface area contributed by atoms with Gasteiger partial charge in [0, 0.05) is 11.8 Å². The summed E-state index contributed by atoms with van der Waals surface area (Å²) in [5.41, 5.74) is 3.03. The molecule has 4 bridgehead atoms. The van der Waals surface area contributed by atoms with E-state index < -0.39 is 0 Å². The monoisotopic (exact) mass is 348 g/mol. The fourth-order valence-electron chi connectivity index (χ4n) is 6.26. The molecule has 0 radical (unpaired) electrons. The largest absolute Gasteiger partial charge is 0.350 e. The van der Waals surface area contributed by atoms with Crippen molar-refractivity contribution in [3.05, 3.63) is 64.2 Å². The van der Waals surface area contributed by atoms with Crippen LogP contribution in [0.4, 0.5) is 17.1 Å². The summed E-state index contributed by atoms with van der Waals surface area (Å²) >= 11 is 0. The van der Waals surface area contributed by atoms with Crippen molar-refractivity contribution in [2.24, 2.45) is 17.8 Å². The van der Waals surface area contributed by atoms with E-state index in [9.17, 15) is 10.1 Å². The highest BCUT2D eigenvalue weighted by molar-refractivity contribution is 5.70. The molecule has 0 aliphatic heterocycles. The Kier molecular flexibility index (Phi) is 3.56. The molecule has 0 unspecified atom stereocenters. The summed E-state index contributed by atoms with van der Waals surface area (Å²) in [6.07, 6.45) is 7.82. The molecule has 26 heavy (non-hydrogen) atoms. The van der Waals surface area contributed by atoms with Crippen LogP contribution < -0.4 is 5.32 Å². The highest BCUT2D eigenvalue weighted by atomic mass is 16.6. The predicted molar refractivity (Wildman–Crippen MR) is 103 cm³/mol. The molecule has 4 saturated carbocycles. The third kappa shape index (κ3) is 2.59. The average Bonchev–Trinajstić information content (AvgIpc) is 2.61. The van der Waals surface area contributed by atoms with Crippen LogP contribution in [0.15, 0.2) is 48.5 Å². The Morgan fingerprint density at radius 2 is 1.54 bits per heavy atom. The zero-order valence-electron chi connectivity index (χ0n) is 14.9. The van der Waals surface area contributed by atoms with Crippen LogP contribution in [0.3, 0.4) is 0 Å². The minimum atomic E-state index is -0.241. The molecular weight excluding hydrogens is 324 g/mol. The molecule has 2 aromatic carbocycles. The van der Waals surface area contributed by atoms with E-state index in [1.54, 1.807) is 0 Å². The van der Waals surface area contributed by atoms with E-state index in [0.717, 1.165) is 23.4 Å². The van der Waals surface area contributed by atoms with E-state index >= 15 is 0 Å². The molecule has 4 fully saturated rings. The minimum Gasteiger partial charge on any atom is -0.350 e. The number of rotatable bonds is 4. The van der Waals surface area contributed by atoms with Gasteiger partial charge < -0.3 is 5.32 Å². The van der Waals surface area contributed by atoms with Gasteiger partial charge in [-0.3, -0.25) is 10.1 Å². The highest BCUT2D eigenvalue weighted by Crippen LogP contribution is 2.61. The number of para-hydroxylation sites is 1. The Labute approximate surface area is 153 Å². The molecular formula is C22H24N2O2. The Hall–Kier alpha value is -2.36. The third-order valence-electron chi connectivity index (χ3n) is 6.90. The molecule has 2 aromatic rings. The molecule has 0 atom stereocenters. The average molecular weight is 348 g/mol. The number of hydrogen-bond donors (Lipinski definition) is 1. The van der Waals surface area contributed by atoms with Crippen LogP contribution in [0.25, 0.3) is 0 Å². The highest BCUT2D eigenvalue weighted by Gasteiger charge is 2.51. The predicted octanol–water partition coefficient (Wildman–Crippen LogP) is 5.81. The Bertz CT molecular complexity index is 811. The Morgan fingerprint density at radius 3 is 2.12 bits per heavy atom. The standard InChI is InChI=1S/C22H24N2O2/c25-24(26)21-11-18(6-7-20(21)23-19-4-2-1-3-5-19)22-12-15-8-16(13-22)10-17(9-15)14-22/h1-7,11,15-17,23H,8-10,12-14H2. The number of nitro benzene ring substituents is 1. The maximum atomic E-state index is 11.8. The van der Waals surface area contributed by atoms with Gasteiger partial charge in [-0.2, -0.15) is 0 Å². The van der Waals surface area contributed by atoms with Crippen LogP contribution in [0.1, 0.15) is 44.1 Å². The number of anilines is 2. The van der Waals surface area contributed by atoms with Gasteiger partial charge in [0.2, 0.25) is 0 Å². The first-order valence-corrected chi connectivity index (χ1v) is 9.72. The zero-order chi connectivity index (χ0) is 17.7. The second kappa shape index (κ2) is 5.83. The molecule has 0 amide bonds. The summed E-state index contributed by atoms with van der Waals surface area (Å²) in [6.45, 7) is 0. The second-order valence-electron chi connectivity index (χ2n) is 8.68. The van der Waals surface area contributed by atoms with Crippen molar-refractivity contribution >= 4 is 17.1 Å². The number of nitrogens with one attached hydrogen (secondary N) is 1. The van der Waals surface area contributed by atoms with Gasteiger partial charge in [-0.1, -0.05) is 24.3 Å². The third-order valence-corrected chi connectivity index (χ3v) is 6.90. The number of benzene rings is 2. The summed E-state index contributed by atoms with van der Waals surface area (Å²) in [4.78, 5) is 11.5. The van der Waals surface area contributed by atoms with Crippen LogP contribution in [0, 0.1) is 27.9 Å². The molecule has 6 rings (SSSR count). The first kappa shape index (κ1) is 15.9. The molecule has 134 valence electrons. The smallest absolute Gasteiger partial charge is 0.292 e. The summed E-state index contributed by atoms with van der Waals surface area (Å²) in [6, 6.07) is 15.6. The van der Waals surface area contributed by atoms with Crippen LogP contribution >= 0.6 is 0 Å². The van der Waals surface area contributed by atoms with Gasteiger partial charge in [-0.25, -0.2) is 0 Å². The summed E-state index contributed by atoms with van der Waals surface area (Å²) in [5, 5.41) is 15.0. The number of hydrogen-bond acceptors (Lipinski definition) is 3. The van der Waals surface area contributed by atoms with Crippen LogP contribution in [-0.2, 0) is 5.41 Å². The van der Waals surface area contributed by atoms with Crippen LogP contribution in [0.5, 0.6) is 0 Å². The van der Waals surface area contributed by atoms with Crippen molar-refractivity contribution in [1.29, 1.82) is 0 Å². The van der Waals surface area contributed by atoms with Gasteiger partial charge in [0.05, 0.1) is 4.92 Å². The van der Waals surface area contributed by atoms with E-state index in [2.05, 4.69) is 11.4 Å². The molecule has 4 aliphatic carbocycles. The summed E-state index contributed by atoms with van der Waals surface area (Å²) in [7, 11) is 0. The van der Waals surface area contributed by atoms with Gasteiger partial charge in [-0.05, 0) is 85.5 Å². The first-order valence-electron chi connectivity index (χ1n) is 9.72. The lowest BCUT2D eigenvalue weighted by Gasteiger charge is -2.57. The van der Waals surface area contributed by atoms with E-state index in [-0.39, 0.29) is 16.0 Å². The first-order chi connectivity index (χ1) is 12.6. The van der Waals surface area contributed by atoms with Crippen LogP contribution in [-0.4, -0.2) is 4.92 Å². The van der Waals surface area contributed by atoms with Gasteiger partial charge in [0.25, 0.3) is 5.69 Å². The van der Waals surface area contributed by atoms with Crippen molar-refractivity contribution in [1.82, 2.24) is 0 Å². The fraction of sp³-hybridized carbons (Fsp3) is 0.455. The van der Waals surface area contributed by atoms with E-state index in [1.165, 1.54) is 44.1 Å². The van der Waals surface area contributed by atoms with Gasteiger partial charge in [0.15, 0.2) is 0 Å². The lowest BCUT2D eigenvalue weighted by atomic mass is 9.48. The van der Waals surface area contributed by atoms with Crippen molar-refractivity contribution in [3.63, 3.8) is 0 Å². The number of nitro groups is 1. The topological polar surface area (TPSA) is 55.2 Å². The van der Waals surface area contributed by atoms with Crippen molar-refractivity contribution in [2.45, 2.75) is 43.9 Å². The Morgan fingerprint density at radius 1 is 0.923 bits per heavy atom. The fourth-order valence-corrected chi connectivity index (χ4v) is 6.26. The van der Waals surface area contributed by atoms with Crippen molar-refractivity contribution in [3.8, 4) is 0 Å². The maximum Gasteiger partial charge on any atom is 0.292 e. The summed E-state index contributed by atoms with van der Waals surface area (Å²) < 4.78 is 0. The molecule has 0 aromatic heterocycles. The number of nitrogens with zero attached hydrogens (tertiary/aromatic N) is 1. The van der Waals surface area contributed by atoms with Gasteiger partial charge >= 0.3 is 0 Å². The molecule has 4 nitrogen and oxygen atoms in total. The van der Waals surface area contributed by atoms with E-state index in [1.807, 2.05) is 42.5 Å². The van der Waals surface area contributed by atoms with E-state index in [4.69, 9.17) is 0 Å².